The van der Waals surface area contributed by atoms with Crippen molar-refractivity contribution >= 4 is 23.1 Å². The van der Waals surface area contributed by atoms with E-state index in [1.807, 2.05) is 34.5 Å². The second-order valence-electron chi connectivity index (χ2n) is 6.92. The van der Waals surface area contributed by atoms with Crippen LogP contribution in [-0.2, 0) is 6.54 Å². The molecule has 1 N–H and O–H groups in total. The molecule has 1 unspecified atom stereocenters. The highest BCUT2D eigenvalue weighted by atomic mass is 32.1. The summed E-state index contributed by atoms with van der Waals surface area (Å²) in [6, 6.07) is 7.98. The molecule has 0 aliphatic carbocycles. The summed E-state index contributed by atoms with van der Waals surface area (Å²) >= 11 is 1.58. The average Bonchev–Trinajstić information content (AvgIpc) is 3.45. The molecule has 0 saturated carbocycles. The Bertz CT molecular complexity index is 909. The molecule has 3 aromatic rings. The standard InChI is InChI=1S/C21H24N4O2S/c1-2-15-7-3-4-10-25(15)21(26)17-14-23-20(18-9-6-12-28-18)24-19(17)22-13-16-8-5-11-27-16/h5-6,8-9,11-12,14-15H,2-4,7,10,13H2,1H3,(H,22,23,24). The molecule has 146 valence electrons. The minimum Gasteiger partial charge on any atom is -0.467 e. The van der Waals surface area contributed by atoms with Gasteiger partial charge in [0.05, 0.1) is 17.7 Å². The lowest BCUT2D eigenvalue weighted by atomic mass is 9.99. The van der Waals surface area contributed by atoms with Crippen molar-refractivity contribution in [2.24, 2.45) is 0 Å². The Morgan fingerprint density at radius 1 is 1.36 bits per heavy atom. The van der Waals surface area contributed by atoms with Gasteiger partial charge in [-0.15, -0.1) is 11.3 Å². The molecule has 6 nitrogen and oxygen atoms in total. The van der Waals surface area contributed by atoms with E-state index in [0.717, 1.165) is 36.4 Å². The number of carbonyl (C=O) groups is 1. The normalized spacial score (nSPS) is 16.9. The zero-order valence-electron chi connectivity index (χ0n) is 15.9. The summed E-state index contributed by atoms with van der Waals surface area (Å²) < 4.78 is 5.41. The minimum atomic E-state index is 0.00576. The van der Waals surface area contributed by atoms with Gasteiger partial charge in [-0.1, -0.05) is 13.0 Å². The maximum absolute atomic E-state index is 13.3. The van der Waals surface area contributed by atoms with Gasteiger partial charge in [-0.05, 0) is 49.3 Å². The second kappa shape index (κ2) is 8.56. The van der Waals surface area contributed by atoms with Gasteiger partial charge in [-0.2, -0.15) is 0 Å². The van der Waals surface area contributed by atoms with Crippen LogP contribution in [0.2, 0.25) is 0 Å². The van der Waals surface area contributed by atoms with Gasteiger partial charge >= 0.3 is 0 Å². The number of hydrogen-bond acceptors (Lipinski definition) is 6. The first kappa shape index (κ1) is 18.7. The van der Waals surface area contributed by atoms with Crippen LogP contribution in [0.25, 0.3) is 10.7 Å². The van der Waals surface area contributed by atoms with Gasteiger partial charge in [-0.3, -0.25) is 4.79 Å². The van der Waals surface area contributed by atoms with Gasteiger partial charge in [0.2, 0.25) is 0 Å². The van der Waals surface area contributed by atoms with Crippen LogP contribution in [-0.4, -0.2) is 33.4 Å². The fourth-order valence-corrected chi connectivity index (χ4v) is 4.29. The van der Waals surface area contributed by atoms with E-state index in [9.17, 15) is 4.79 Å². The second-order valence-corrected chi connectivity index (χ2v) is 7.87. The number of rotatable bonds is 6. The minimum absolute atomic E-state index is 0.00576. The highest BCUT2D eigenvalue weighted by molar-refractivity contribution is 7.13. The van der Waals surface area contributed by atoms with Crippen LogP contribution in [0.5, 0.6) is 0 Å². The summed E-state index contributed by atoms with van der Waals surface area (Å²) in [5, 5.41) is 5.28. The molecular formula is C21H24N4O2S. The first-order chi connectivity index (χ1) is 13.8. The van der Waals surface area contributed by atoms with E-state index in [1.165, 1.54) is 6.42 Å². The number of amides is 1. The van der Waals surface area contributed by atoms with Crippen molar-refractivity contribution in [3.8, 4) is 10.7 Å². The monoisotopic (exact) mass is 396 g/mol. The number of carbonyl (C=O) groups excluding carboxylic acids is 1. The number of aromatic nitrogens is 2. The summed E-state index contributed by atoms with van der Waals surface area (Å²) in [5.41, 5.74) is 0.521. The topological polar surface area (TPSA) is 71.3 Å². The van der Waals surface area contributed by atoms with Crippen LogP contribution in [0.15, 0.2) is 46.5 Å². The zero-order chi connectivity index (χ0) is 19.3. The summed E-state index contributed by atoms with van der Waals surface area (Å²) in [4.78, 5) is 25.5. The molecule has 7 heteroatoms. The van der Waals surface area contributed by atoms with Crippen LogP contribution < -0.4 is 5.32 Å². The molecule has 0 bridgehead atoms. The predicted octanol–water partition coefficient (Wildman–Crippen LogP) is 4.81. The molecule has 1 aliphatic heterocycles. The van der Waals surface area contributed by atoms with Crippen LogP contribution >= 0.6 is 11.3 Å². The van der Waals surface area contributed by atoms with E-state index in [1.54, 1.807) is 23.8 Å². The Hall–Kier alpha value is -2.67. The fourth-order valence-electron chi connectivity index (χ4n) is 3.63. The molecule has 28 heavy (non-hydrogen) atoms. The van der Waals surface area contributed by atoms with E-state index in [4.69, 9.17) is 4.42 Å². The highest BCUT2D eigenvalue weighted by Crippen LogP contribution is 2.27. The molecule has 4 heterocycles. The third-order valence-electron chi connectivity index (χ3n) is 5.13. The van der Waals surface area contributed by atoms with Crippen molar-refractivity contribution in [1.82, 2.24) is 14.9 Å². The third kappa shape index (κ3) is 3.94. The summed E-state index contributed by atoms with van der Waals surface area (Å²) in [7, 11) is 0. The molecule has 4 rings (SSSR count). The first-order valence-electron chi connectivity index (χ1n) is 9.74. The number of nitrogens with one attached hydrogen (secondary N) is 1. The number of furan rings is 1. The average molecular weight is 397 g/mol. The Morgan fingerprint density at radius 2 is 2.29 bits per heavy atom. The van der Waals surface area contributed by atoms with Gasteiger partial charge < -0.3 is 14.6 Å². The number of likely N-dealkylation sites (tertiary alicyclic amines) is 1. The SMILES string of the molecule is CCC1CCCCN1C(=O)c1cnc(-c2cccs2)nc1NCc1ccco1. The Labute approximate surface area is 168 Å². The summed E-state index contributed by atoms with van der Waals surface area (Å²) in [6.07, 6.45) is 7.56. The maximum atomic E-state index is 13.3. The van der Waals surface area contributed by atoms with Crippen molar-refractivity contribution in [3.63, 3.8) is 0 Å². The van der Waals surface area contributed by atoms with Crippen molar-refractivity contribution < 1.29 is 9.21 Å². The molecular weight excluding hydrogens is 372 g/mol. The Morgan fingerprint density at radius 3 is 3.04 bits per heavy atom. The number of piperidine rings is 1. The highest BCUT2D eigenvalue weighted by Gasteiger charge is 2.28. The van der Waals surface area contributed by atoms with Gasteiger partial charge in [0.15, 0.2) is 5.82 Å². The lowest BCUT2D eigenvalue weighted by Crippen LogP contribution is -2.43. The predicted molar refractivity (Wildman–Crippen MR) is 110 cm³/mol. The van der Waals surface area contributed by atoms with Crippen molar-refractivity contribution in [3.05, 3.63) is 53.4 Å². The molecule has 0 spiro atoms. The molecule has 0 radical (unpaired) electrons. The van der Waals surface area contributed by atoms with E-state index in [0.29, 0.717) is 23.8 Å². The van der Waals surface area contributed by atoms with Crippen LogP contribution in [0.1, 0.15) is 48.7 Å². The number of anilines is 1. The zero-order valence-corrected chi connectivity index (χ0v) is 16.7. The largest absolute Gasteiger partial charge is 0.467 e. The Balaban J connectivity index is 1.65. The van der Waals surface area contributed by atoms with E-state index in [-0.39, 0.29) is 11.9 Å². The molecule has 0 aromatic carbocycles. The number of hydrogen-bond donors (Lipinski definition) is 1. The van der Waals surface area contributed by atoms with E-state index in [2.05, 4.69) is 22.2 Å². The summed E-state index contributed by atoms with van der Waals surface area (Å²) in [6.45, 7) is 3.40. The van der Waals surface area contributed by atoms with Gasteiger partial charge in [0.25, 0.3) is 5.91 Å². The van der Waals surface area contributed by atoms with E-state index < -0.39 is 0 Å². The molecule has 1 fully saturated rings. The summed E-state index contributed by atoms with van der Waals surface area (Å²) in [5.74, 6) is 1.98. The maximum Gasteiger partial charge on any atom is 0.259 e. The van der Waals surface area contributed by atoms with Gasteiger partial charge in [0, 0.05) is 18.8 Å². The third-order valence-corrected chi connectivity index (χ3v) is 6.00. The lowest BCUT2D eigenvalue weighted by Gasteiger charge is -2.35. The molecule has 1 aliphatic rings. The van der Waals surface area contributed by atoms with Crippen LogP contribution in [0, 0.1) is 0 Å². The van der Waals surface area contributed by atoms with Gasteiger partial charge in [0.1, 0.15) is 17.1 Å². The van der Waals surface area contributed by atoms with Gasteiger partial charge in [-0.25, -0.2) is 9.97 Å². The smallest absolute Gasteiger partial charge is 0.259 e. The number of nitrogens with zero attached hydrogens (tertiary/aromatic N) is 3. The van der Waals surface area contributed by atoms with Crippen molar-refractivity contribution in [1.29, 1.82) is 0 Å². The fraction of sp³-hybridized carbons (Fsp3) is 0.381. The number of thiophene rings is 1. The van der Waals surface area contributed by atoms with Crippen molar-refractivity contribution in [2.75, 3.05) is 11.9 Å². The van der Waals surface area contributed by atoms with Crippen molar-refractivity contribution in [2.45, 2.75) is 45.2 Å². The lowest BCUT2D eigenvalue weighted by molar-refractivity contribution is 0.0608. The molecule has 1 saturated heterocycles. The van der Waals surface area contributed by atoms with Crippen LogP contribution in [0.3, 0.4) is 0 Å². The van der Waals surface area contributed by atoms with E-state index >= 15 is 0 Å². The molecule has 1 atom stereocenters. The molecule has 3 aromatic heterocycles. The first-order valence-corrected chi connectivity index (χ1v) is 10.6. The Kier molecular flexibility index (Phi) is 5.71. The molecule has 1 amide bonds. The van der Waals surface area contributed by atoms with Crippen LogP contribution in [0.4, 0.5) is 5.82 Å². The quantitative estimate of drug-likeness (QED) is 0.647.